The summed E-state index contributed by atoms with van der Waals surface area (Å²) < 4.78 is 0. The highest BCUT2D eigenvalue weighted by molar-refractivity contribution is 6.40. The van der Waals surface area contributed by atoms with E-state index in [0.717, 1.165) is 43.6 Å². The molecule has 0 saturated carbocycles. The van der Waals surface area contributed by atoms with Crippen molar-refractivity contribution < 1.29 is 4.79 Å². The molecule has 0 spiro atoms. The number of nitrogens with one attached hydrogen (secondary N) is 1. The number of para-hydroxylation sites is 1. The summed E-state index contributed by atoms with van der Waals surface area (Å²) in [6.45, 7) is 3.85. The van der Waals surface area contributed by atoms with Crippen LogP contribution in [0.2, 0.25) is 10.0 Å². The summed E-state index contributed by atoms with van der Waals surface area (Å²) in [6, 6.07) is 15.3. The smallest absolute Gasteiger partial charge is 0.282 e. The number of hydrogen-bond donors (Lipinski definition) is 1. The van der Waals surface area contributed by atoms with E-state index in [0.29, 0.717) is 15.8 Å². The van der Waals surface area contributed by atoms with Crippen LogP contribution < -0.4 is 10.4 Å². The SMILES string of the molecule is CCC1C(C(=O)NN2CCCCCC2)=NN(c2ccccc2Cl)C1c1ccc(Cl)cc1. The van der Waals surface area contributed by atoms with Gasteiger partial charge in [-0.1, -0.05) is 67.2 Å². The summed E-state index contributed by atoms with van der Waals surface area (Å²) >= 11 is 12.7. The molecule has 0 aliphatic carbocycles. The maximum Gasteiger partial charge on any atom is 0.282 e. The summed E-state index contributed by atoms with van der Waals surface area (Å²) in [5, 5.41) is 10.1. The van der Waals surface area contributed by atoms with Gasteiger partial charge in [0.2, 0.25) is 0 Å². The van der Waals surface area contributed by atoms with Crippen LogP contribution >= 0.6 is 23.2 Å². The molecule has 2 atom stereocenters. The number of hydrazine groups is 1. The van der Waals surface area contributed by atoms with Crippen LogP contribution in [0.25, 0.3) is 0 Å². The molecule has 2 aromatic rings. The van der Waals surface area contributed by atoms with Crippen LogP contribution in [-0.2, 0) is 4.79 Å². The molecular weight excluding hydrogens is 431 g/mol. The predicted octanol–water partition coefficient (Wildman–Crippen LogP) is 5.84. The Hall–Kier alpha value is -2.08. The number of carbonyl (C=O) groups excluding carboxylic acids is 1. The lowest BCUT2D eigenvalue weighted by molar-refractivity contribution is -0.119. The van der Waals surface area contributed by atoms with Crippen molar-refractivity contribution in [3.05, 3.63) is 64.1 Å². The molecule has 1 amide bonds. The Labute approximate surface area is 194 Å². The topological polar surface area (TPSA) is 47.9 Å². The summed E-state index contributed by atoms with van der Waals surface area (Å²) in [5.74, 6) is -0.188. The van der Waals surface area contributed by atoms with Gasteiger partial charge in [-0.2, -0.15) is 5.10 Å². The molecule has 164 valence electrons. The van der Waals surface area contributed by atoms with Crippen molar-refractivity contribution >= 4 is 40.5 Å². The quantitative estimate of drug-likeness (QED) is 0.611. The molecule has 1 saturated heterocycles. The Balaban J connectivity index is 1.68. The lowest BCUT2D eigenvalue weighted by Crippen LogP contribution is -2.47. The Morgan fingerprint density at radius 3 is 2.35 bits per heavy atom. The molecule has 2 aliphatic rings. The van der Waals surface area contributed by atoms with E-state index in [4.69, 9.17) is 28.3 Å². The van der Waals surface area contributed by atoms with Gasteiger partial charge in [-0.3, -0.25) is 15.2 Å². The molecule has 0 bridgehead atoms. The van der Waals surface area contributed by atoms with Crippen molar-refractivity contribution in [1.82, 2.24) is 10.4 Å². The number of nitrogens with zero attached hydrogens (tertiary/aromatic N) is 3. The average molecular weight is 459 g/mol. The summed E-state index contributed by atoms with van der Waals surface area (Å²) in [4.78, 5) is 13.3. The molecule has 0 radical (unpaired) electrons. The molecule has 1 N–H and O–H groups in total. The Bertz CT molecular complexity index is 939. The zero-order chi connectivity index (χ0) is 21.8. The van der Waals surface area contributed by atoms with E-state index in [1.54, 1.807) is 0 Å². The number of anilines is 1. The molecule has 7 heteroatoms. The second-order valence-corrected chi connectivity index (χ2v) is 8.98. The number of carbonyl (C=O) groups is 1. The van der Waals surface area contributed by atoms with E-state index in [-0.39, 0.29) is 17.9 Å². The van der Waals surface area contributed by atoms with Crippen molar-refractivity contribution in [1.29, 1.82) is 0 Å². The highest BCUT2D eigenvalue weighted by atomic mass is 35.5. The number of amides is 1. The number of benzene rings is 2. The minimum atomic E-state index is -0.132. The Morgan fingerprint density at radius 1 is 1.03 bits per heavy atom. The maximum atomic E-state index is 13.3. The minimum absolute atomic E-state index is 0.0653. The first-order chi connectivity index (χ1) is 15.1. The lowest BCUT2D eigenvalue weighted by Gasteiger charge is -2.29. The monoisotopic (exact) mass is 458 g/mol. The molecule has 5 nitrogen and oxygen atoms in total. The van der Waals surface area contributed by atoms with Gasteiger partial charge in [0, 0.05) is 24.0 Å². The van der Waals surface area contributed by atoms with Gasteiger partial charge in [0.1, 0.15) is 5.71 Å². The highest BCUT2D eigenvalue weighted by Gasteiger charge is 2.41. The van der Waals surface area contributed by atoms with Crippen LogP contribution in [0, 0.1) is 5.92 Å². The van der Waals surface area contributed by atoms with Gasteiger partial charge in [-0.25, -0.2) is 5.01 Å². The number of rotatable bonds is 5. The molecule has 0 aromatic heterocycles. The predicted molar refractivity (Wildman–Crippen MR) is 128 cm³/mol. The number of halogens is 2. The minimum Gasteiger partial charge on any atom is -0.284 e. The molecule has 2 heterocycles. The second kappa shape index (κ2) is 10.0. The van der Waals surface area contributed by atoms with E-state index >= 15 is 0 Å². The standard InChI is InChI=1S/C24H28Cl2N4O/c1-2-19-22(24(31)28-29-15-7-3-4-8-16-29)27-30(21-10-6-5-9-20(21)26)23(19)17-11-13-18(25)14-12-17/h5-6,9-14,19,23H,2-4,7-8,15-16H2,1H3,(H,28,31). The van der Waals surface area contributed by atoms with Crippen LogP contribution in [0.3, 0.4) is 0 Å². The molecule has 1 fully saturated rings. The first kappa shape index (κ1) is 22.1. The fourth-order valence-electron chi connectivity index (χ4n) is 4.46. The van der Waals surface area contributed by atoms with Gasteiger partial charge in [0.05, 0.1) is 16.8 Å². The van der Waals surface area contributed by atoms with Crippen LogP contribution in [0.5, 0.6) is 0 Å². The van der Waals surface area contributed by atoms with E-state index < -0.39 is 0 Å². The van der Waals surface area contributed by atoms with E-state index in [2.05, 4.69) is 12.3 Å². The Kier molecular flexibility index (Phi) is 7.16. The fourth-order valence-corrected chi connectivity index (χ4v) is 4.81. The van der Waals surface area contributed by atoms with Crippen molar-refractivity contribution in [3.8, 4) is 0 Å². The van der Waals surface area contributed by atoms with Crippen LogP contribution in [0.1, 0.15) is 50.6 Å². The van der Waals surface area contributed by atoms with Gasteiger partial charge in [0.25, 0.3) is 5.91 Å². The van der Waals surface area contributed by atoms with Crippen LogP contribution in [0.15, 0.2) is 53.6 Å². The van der Waals surface area contributed by atoms with Gasteiger partial charge < -0.3 is 0 Å². The molecule has 4 rings (SSSR count). The van der Waals surface area contributed by atoms with Gasteiger partial charge >= 0.3 is 0 Å². The van der Waals surface area contributed by atoms with Crippen molar-refractivity contribution in [3.63, 3.8) is 0 Å². The van der Waals surface area contributed by atoms with Crippen molar-refractivity contribution in [2.75, 3.05) is 18.1 Å². The largest absolute Gasteiger partial charge is 0.284 e. The first-order valence-electron chi connectivity index (χ1n) is 11.0. The zero-order valence-electron chi connectivity index (χ0n) is 17.7. The molecule has 2 aliphatic heterocycles. The number of hydrogen-bond acceptors (Lipinski definition) is 4. The van der Waals surface area contributed by atoms with E-state index in [1.165, 1.54) is 12.8 Å². The fraction of sp³-hybridized carbons (Fsp3) is 0.417. The second-order valence-electron chi connectivity index (χ2n) is 8.13. The molecule has 31 heavy (non-hydrogen) atoms. The Morgan fingerprint density at radius 2 is 1.71 bits per heavy atom. The highest BCUT2D eigenvalue weighted by Crippen LogP contribution is 2.43. The van der Waals surface area contributed by atoms with E-state index in [9.17, 15) is 4.79 Å². The van der Waals surface area contributed by atoms with Crippen molar-refractivity contribution in [2.24, 2.45) is 11.0 Å². The third kappa shape index (κ3) is 4.89. The van der Waals surface area contributed by atoms with Crippen LogP contribution in [-0.4, -0.2) is 29.7 Å². The third-order valence-electron chi connectivity index (χ3n) is 6.06. The summed E-state index contributed by atoms with van der Waals surface area (Å²) in [7, 11) is 0. The first-order valence-corrected chi connectivity index (χ1v) is 11.8. The zero-order valence-corrected chi connectivity index (χ0v) is 19.2. The normalized spacial score (nSPS) is 22.2. The third-order valence-corrected chi connectivity index (χ3v) is 6.63. The summed E-state index contributed by atoms with van der Waals surface area (Å²) in [6.07, 6.45) is 5.40. The average Bonchev–Trinajstić information content (AvgIpc) is 2.97. The van der Waals surface area contributed by atoms with E-state index in [1.807, 2.05) is 58.5 Å². The molecular formula is C24H28Cl2N4O. The molecule has 2 aromatic carbocycles. The molecule has 2 unspecified atom stereocenters. The van der Waals surface area contributed by atoms with Crippen molar-refractivity contribution in [2.45, 2.75) is 45.1 Å². The van der Waals surface area contributed by atoms with Gasteiger partial charge in [0.15, 0.2) is 0 Å². The summed E-state index contributed by atoms with van der Waals surface area (Å²) in [5.41, 5.74) is 5.51. The maximum absolute atomic E-state index is 13.3. The van der Waals surface area contributed by atoms with Gasteiger partial charge in [-0.15, -0.1) is 0 Å². The number of hydrazone groups is 1. The lowest BCUT2D eigenvalue weighted by atomic mass is 9.87. The van der Waals surface area contributed by atoms with Crippen LogP contribution in [0.4, 0.5) is 5.69 Å². The van der Waals surface area contributed by atoms with Gasteiger partial charge in [-0.05, 0) is 49.1 Å².